The van der Waals surface area contributed by atoms with Crippen molar-refractivity contribution in [3.05, 3.63) is 120 Å². The Balaban J connectivity index is 0.000000202. The van der Waals surface area contributed by atoms with E-state index >= 15 is 0 Å². The van der Waals surface area contributed by atoms with Crippen LogP contribution >= 0.6 is 0 Å². The number of benzene rings is 2. The molecule has 0 unspecified atom stereocenters. The number of nitrogens with one attached hydrogen (secondary N) is 2. The molecule has 0 saturated heterocycles. The zero-order valence-corrected chi connectivity index (χ0v) is 32.9. The second-order valence-electron chi connectivity index (χ2n) is 10.5. The fourth-order valence-electron chi connectivity index (χ4n) is 4.62. The third-order valence-electron chi connectivity index (χ3n) is 6.67. The molecule has 0 amide bonds. The van der Waals surface area contributed by atoms with Gasteiger partial charge >= 0.3 is 19.5 Å². The zero-order valence-electron chi connectivity index (χ0n) is 26.7. The number of rotatable bonds is 4. The zero-order chi connectivity index (χ0) is 37.9. The first-order chi connectivity index (χ1) is 24.3. The van der Waals surface area contributed by atoms with Crippen LogP contribution in [0.4, 0.5) is 0 Å². The molecule has 0 saturated carbocycles. The van der Waals surface area contributed by atoms with Crippen molar-refractivity contribution in [2.24, 2.45) is 0 Å². The van der Waals surface area contributed by atoms with E-state index in [0.717, 1.165) is 44.8 Å². The van der Waals surface area contributed by atoms with Crippen molar-refractivity contribution in [1.82, 2.24) is 19.9 Å². The van der Waals surface area contributed by atoms with Gasteiger partial charge in [0.1, 0.15) is 0 Å². The van der Waals surface area contributed by atoms with E-state index in [4.69, 9.17) is 18.2 Å². The Morgan fingerprint density at radius 1 is 0.509 bits per heavy atom. The summed E-state index contributed by atoms with van der Waals surface area (Å²) in [6.07, 6.45) is 8.05. The van der Waals surface area contributed by atoms with Gasteiger partial charge in [-0.05, 0) is 72.8 Å². The molecule has 2 aliphatic heterocycles. The van der Waals surface area contributed by atoms with Gasteiger partial charge in [-0.1, -0.05) is 0 Å². The Morgan fingerprint density at radius 3 is 1.26 bits per heavy atom. The average Bonchev–Trinajstić information content (AvgIpc) is 3.87. The maximum atomic E-state index is 11.2. The van der Waals surface area contributed by atoms with Crippen LogP contribution in [0.5, 0.6) is 0 Å². The van der Waals surface area contributed by atoms with E-state index in [1.165, 1.54) is 6.07 Å². The number of nitrogens with zero attached hydrogens (tertiary/aromatic N) is 2. The Labute approximate surface area is 315 Å². The van der Waals surface area contributed by atoms with Crippen LogP contribution in [0.25, 0.3) is 46.4 Å². The quantitative estimate of drug-likeness (QED) is 0.0802. The van der Waals surface area contributed by atoms with Gasteiger partial charge in [-0.2, -0.15) is 65.4 Å². The average molecular weight is 850 g/mol. The Kier molecular flexibility index (Phi) is 12.5. The van der Waals surface area contributed by atoms with Crippen molar-refractivity contribution < 1.29 is 71.4 Å². The van der Waals surface area contributed by atoms with E-state index in [9.17, 15) is 33.7 Å². The van der Waals surface area contributed by atoms with Crippen LogP contribution in [0.3, 0.4) is 0 Å². The first-order valence-electron chi connectivity index (χ1n) is 14.2. The number of hydrogen-bond donors (Lipinski definition) is 6. The van der Waals surface area contributed by atoms with Crippen molar-refractivity contribution in [2.75, 3.05) is 0 Å². The molecule has 3 aromatic heterocycles. The molecular weight excluding hydrogens is 826 g/mol. The number of fused-ring (bicyclic) bond motifs is 8. The summed E-state index contributed by atoms with van der Waals surface area (Å²) in [6, 6.07) is 30.3. The minimum atomic E-state index is -5.80. The van der Waals surface area contributed by atoms with E-state index in [1.54, 1.807) is 0 Å². The second-order valence-corrected chi connectivity index (χ2v) is 16.0. The van der Waals surface area contributed by atoms with Gasteiger partial charge in [-0.3, -0.25) is 18.2 Å². The van der Waals surface area contributed by atoms with Crippen molar-refractivity contribution in [3.63, 3.8) is 0 Å². The normalized spacial score (nSPS) is 12.5. The third kappa shape index (κ3) is 10.9. The topological polar surface area (TPSA) is 275 Å². The Morgan fingerprint density at radius 2 is 0.925 bits per heavy atom. The largest absolute Gasteiger partial charge is 2.00 e. The van der Waals surface area contributed by atoms with Crippen LogP contribution in [0.2, 0.25) is 0 Å². The molecule has 16 nitrogen and oxygen atoms in total. The molecule has 0 fully saturated rings. The summed E-state index contributed by atoms with van der Waals surface area (Å²) >= 11 is 0. The number of H-pyrrole nitrogens is 2. The summed E-state index contributed by atoms with van der Waals surface area (Å²) in [6.45, 7) is 0. The molecule has 5 aromatic rings. The summed E-state index contributed by atoms with van der Waals surface area (Å²) in [4.78, 5) is 8.04. The molecule has 0 aliphatic carbocycles. The molecule has 7 rings (SSSR count). The van der Waals surface area contributed by atoms with Crippen LogP contribution in [0.1, 0.15) is 22.8 Å². The van der Waals surface area contributed by atoms with Crippen molar-refractivity contribution >= 4 is 86.8 Å². The summed E-state index contributed by atoms with van der Waals surface area (Å²) in [5.41, 5.74) is 7.86. The van der Waals surface area contributed by atoms with E-state index in [1.807, 2.05) is 72.8 Å². The van der Waals surface area contributed by atoms with Gasteiger partial charge in [0.15, 0.2) is 0 Å². The molecule has 0 radical (unpaired) electrons. The number of aromatic nitrogens is 4. The summed E-state index contributed by atoms with van der Waals surface area (Å²) < 4.78 is 124. The Hall–Kier alpha value is -4.70. The van der Waals surface area contributed by atoms with Gasteiger partial charge in [0.25, 0.3) is 20.2 Å². The van der Waals surface area contributed by atoms with Crippen LogP contribution in [-0.4, -0.2) is 71.8 Å². The first-order valence-corrected chi connectivity index (χ1v) is 20.0. The predicted octanol–water partition coefficient (Wildman–Crippen LogP) is 4.61. The molecule has 53 heavy (non-hydrogen) atoms. The molecule has 0 atom stereocenters. The number of aromatic amines is 2. The van der Waals surface area contributed by atoms with Crippen LogP contribution in [0, 0.1) is 12.1 Å². The summed E-state index contributed by atoms with van der Waals surface area (Å²) in [5, 5.41) is 0. The SMILES string of the molecule is C1=Cc2cc3ccc(cc4ccc(cc5nc(cc1n2)C=C5)[nH]4)[nH]3.O=S(=O)(O)c1[c-]cc(S(=O)(=O)O)c(S(=O)(=O)O)c1S(=O)(=O)O.[Zn+2].[c-]1ccccc1. The first kappa shape index (κ1) is 41.1. The summed E-state index contributed by atoms with van der Waals surface area (Å²) in [7, 11) is -22.6. The van der Waals surface area contributed by atoms with Gasteiger partial charge in [-0.15, -0.1) is 0 Å². The third-order valence-corrected chi connectivity index (χ3v) is 10.6. The molecule has 0 spiro atoms. The molecule has 2 aromatic carbocycles. The van der Waals surface area contributed by atoms with Gasteiger partial charge in [0.05, 0.1) is 22.8 Å². The molecule has 270 valence electrons. The van der Waals surface area contributed by atoms with Gasteiger partial charge in [0.2, 0.25) is 20.2 Å². The van der Waals surface area contributed by atoms with Gasteiger partial charge < -0.3 is 9.97 Å². The monoisotopic (exact) mass is 848 g/mol. The standard InChI is InChI=1S/C20H14N4.C6H5O12S4.C6H5.Zn/c1-2-14-10-16-5-6-18(23-16)12-20-8-7-19(24-20)11-17-4-3-15(22-17)9-13(1)21-14;7-19(8,9)3-1-2-4(20(10,11)12)6(22(16,17)18)5(3)21(13,14)15;1-2-4-6-5-3-1;/h1-12,21-22H;1H,(H,7,8,9)(H,10,11,12)(H,13,14,15)(H,16,17,18);1-5H;/q;2*-1;+2. The number of hydrogen-bond acceptors (Lipinski definition) is 10. The van der Waals surface area contributed by atoms with Crippen LogP contribution in [-0.2, 0) is 60.0 Å². The van der Waals surface area contributed by atoms with Gasteiger partial charge in [0, 0.05) is 41.6 Å². The van der Waals surface area contributed by atoms with Crippen molar-refractivity contribution in [3.8, 4) is 0 Å². The Bertz CT molecular complexity index is 2650. The van der Waals surface area contributed by atoms with Crippen molar-refractivity contribution in [1.29, 1.82) is 0 Å². The maximum absolute atomic E-state index is 11.2. The fourth-order valence-corrected chi connectivity index (χ4v) is 9.02. The van der Waals surface area contributed by atoms with Crippen molar-refractivity contribution in [2.45, 2.75) is 19.6 Å². The molecule has 8 bridgehead atoms. The minimum Gasteiger partial charge on any atom is -0.355 e. The van der Waals surface area contributed by atoms with E-state index in [-0.39, 0.29) is 25.5 Å². The van der Waals surface area contributed by atoms with E-state index in [2.05, 4.69) is 56.3 Å². The second kappa shape index (κ2) is 16.1. The van der Waals surface area contributed by atoms with E-state index in [0.29, 0.717) is 0 Å². The van der Waals surface area contributed by atoms with Gasteiger partial charge in [-0.25, -0.2) is 26.8 Å². The predicted molar refractivity (Wildman–Crippen MR) is 189 cm³/mol. The molecule has 6 N–H and O–H groups in total. The molecular formula is C32H24N4O12S4Zn. The maximum Gasteiger partial charge on any atom is 2.00 e. The minimum absolute atomic E-state index is 0. The fraction of sp³-hybridized carbons (Fsp3) is 0. The molecule has 21 heteroatoms. The smallest absolute Gasteiger partial charge is 0.355 e. The van der Waals surface area contributed by atoms with Crippen LogP contribution < -0.4 is 0 Å². The van der Waals surface area contributed by atoms with E-state index < -0.39 is 60.1 Å². The summed E-state index contributed by atoms with van der Waals surface area (Å²) in [5.74, 6) is 0. The molecule has 2 aliphatic rings. The van der Waals surface area contributed by atoms with Crippen LogP contribution in [0.15, 0.2) is 105 Å². The molecule has 5 heterocycles.